The van der Waals surface area contributed by atoms with E-state index in [4.69, 9.17) is 0 Å². The average molecular weight is 356 g/mol. The number of carbonyl (C=O) groups excluding carboxylic acids is 1. The molecule has 0 bridgehead atoms. The number of nitrogens with one attached hydrogen (secondary N) is 1. The molecule has 2 aliphatic rings. The van der Waals surface area contributed by atoms with Crippen LogP contribution in [0.25, 0.3) is 0 Å². The van der Waals surface area contributed by atoms with Crippen molar-refractivity contribution in [1.82, 2.24) is 29.8 Å². The Morgan fingerprint density at radius 1 is 1.12 bits per heavy atom. The van der Waals surface area contributed by atoms with E-state index in [9.17, 15) is 4.79 Å². The summed E-state index contributed by atoms with van der Waals surface area (Å²) >= 11 is 0. The van der Waals surface area contributed by atoms with Crippen LogP contribution in [-0.2, 0) is 18.4 Å². The summed E-state index contributed by atoms with van der Waals surface area (Å²) in [6, 6.07) is 4.89. The molecule has 0 unspecified atom stereocenters. The standard InChI is InChI=1S/C19H28N6O/c1-23-18(26)8-7-16(19(23)17-10-12-21-24(17)2)20-13-15-9-11-22-25(15)14-5-3-4-6-14/h9-12,14,16,19-20H,3-8,13H2,1-2H3/t16-,19-/m0/s1. The van der Waals surface area contributed by atoms with Gasteiger partial charge in [-0.2, -0.15) is 10.2 Å². The minimum absolute atomic E-state index is 0.00611. The molecule has 4 rings (SSSR count). The molecule has 1 aliphatic carbocycles. The molecule has 7 heteroatoms. The van der Waals surface area contributed by atoms with Crippen molar-refractivity contribution in [2.45, 2.75) is 63.2 Å². The lowest BCUT2D eigenvalue weighted by Gasteiger charge is -2.39. The van der Waals surface area contributed by atoms with Crippen LogP contribution in [-0.4, -0.2) is 43.5 Å². The van der Waals surface area contributed by atoms with Crippen LogP contribution in [0.4, 0.5) is 0 Å². The molecular weight excluding hydrogens is 328 g/mol. The first-order chi connectivity index (χ1) is 12.6. The van der Waals surface area contributed by atoms with E-state index >= 15 is 0 Å². The first-order valence-corrected chi connectivity index (χ1v) is 9.64. The lowest BCUT2D eigenvalue weighted by atomic mass is 9.93. The monoisotopic (exact) mass is 356 g/mol. The molecule has 1 amide bonds. The van der Waals surface area contributed by atoms with Gasteiger partial charge in [-0.3, -0.25) is 14.2 Å². The van der Waals surface area contributed by atoms with E-state index in [0.717, 1.165) is 18.7 Å². The van der Waals surface area contributed by atoms with Gasteiger partial charge >= 0.3 is 0 Å². The van der Waals surface area contributed by atoms with Crippen LogP contribution >= 0.6 is 0 Å². The number of aromatic nitrogens is 4. The maximum absolute atomic E-state index is 12.3. The van der Waals surface area contributed by atoms with E-state index in [0.29, 0.717) is 12.5 Å². The summed E-state index contributed by atoms with van der Waals surface area (Å²) in [5, 5.41) is 12.6. The second-order valence-electron chi connectivity index (χ2n) is 7.56. The SMILES string of the molecule is CN1C(=O)CC[C@H](NCc2ccnn2C2CCCC2)[C@H]1c1ccnn1C. The number of likely N-dealkylation sites (tertiary alicyclic amines) is 1. The predicted octanol–water partition coefficient (Wildman–Crippen LogP) is 2.18. The highest BCUT2D eigenvalue weighted by molar-refractivity contribution is 5.77. The van der Waals surface area contributed by atoms with E-state index in [1.54, 1.807) is 6.20 Å². The molecule has 140 valence electrons. The number of nitrogens with zero attached hydrogens (tertiary/aromatic N) is 5. The molecule has 7 nitrogen and oxygen atoms in total. The number of carbonyl (C=O) groups is 1. The molecule has 3 heterocycles. The summed E-state index contributed by atoms with van der Waals surface area (Å²) in [5.41, 5.74) is 2.31. The van der Waals surface area contributed by atoms with Gasteiger partial charge in [0.15, 0.2) is 0 Å². The zero-order valence-corrected chi connectivity index (χ0v) is 15.6. The smallest absolute Gasteiger partial charge is 0.222 e. The van der Waals surface area contributed by atoms with E-state index in [2.05, 4.69) is 26.3 Å². The molecule has 1 saturated carbocycles. The molecule has 0 aromatic carbocycles. The van der Waals surface area contributed by atoms with Crippen LogP contribution in [0.1, 0.15) is 62.0 Å². The quantitative estimate of drug-likeness (QED) is 0.892. The van der Waals surface area contributed by atoms with E-state index in [-0.39, 0.29) is 18.0 Å². The van der Waals surface area contributed by atoms with Gasteiger partial charge in [0.1, 0.15) is 0 Å². The number of aryl methyl sites for hydroxylation is 1. The highest BCUT2D eigenvalue weighted by Gasteiger charge is 2.36. The Labute approximate surface area is 154 Å². The Bertz CT molecular complexity index is 760. The van der Waals surface area contributed by atoms with Crippen LogP contribution < -0.4 is 5.32 Å². The van der Waals surface area contributed by atoms with E-state index in [1.165, 1.54) is 31.4 Å². The Morgan fingerprint density at radius 2 is 1.88 bits per heavy atom. The van der Waals surface area contributed by atoms with Crippen molar-refractivity contribution >= 4 is 5.91 Å². The second kappa shape index (κ2) is 7.23. The maximum Gasteiger partial charge on any atom is 0.222 e. The van der Waals surface area contributed by atoms with Crippen molar-refractivity contribution in [3.8, 4) is 0 Å². The molecule has 1 aliphatic heterocycles. The summed E-state index contributed by atoms with van der Waals surface area (Å²) in [7, 11) is 3.84. The van der Waals surface area contributed by atoms with Crippen LogP contribution in [0.15, 0.2) is 24.5 Å². The topological polar surface area (TPSA) is 68.0 Å². The number of hydrogen-bond donors (Lipinski definition) is 1. The molecule has 1 N–H and O–H groups in total. The summed E-state index contributed by atoms with van der Waals surface area (Å²) in [4.78, 5) is 14.1. The van der Waals surface area contributed by atoms with Gasteiger partial charge in [0.2, 0.25) is 5.91 Å². The molecule has 2 fully saturated rings. The lowest BCUT2D eigenvalue weighted by molar-refractivity contribution is -0.136. The van der Waals surface area contributed by atoms with Crippen LogP contribution in [0.3, 0.4) is 0 Å². The third kappa shape index (κ3) is 3.16. The maximum atomic E-state index is 12.3. The third-order valence-electron chi connectivity index (χ3n) is 5.99. The molecule has 1 saturated heterocycles. The van der Waals surface area contributed by atoms with Gasteiger partial charge in [-0.1, -0.05) is 12.8 Å². The van der Waals surface area contributed by atoms with Crippen molar-refractivity contribution in [1.29, 1.82) is 0 Å². The van der Waals surface area contributed by atoms with Crippen LogP contribution in [0.2, 0.25) is 0 Å². The van der Waals surface area contributed by atoms with Crippen molar-refractivity contribution in [3.63, 3.8) is 0 Å². The summed E-state index contributed by atoms with van der Waals surface area (Å²) < 4.78 is 4.08. The first-order valence-electron chi connectivity index (χ1n) is 9.64. The highest BCUT2D eigenvalue weighted by atomic mass is 16.2. The van der Waals surface area contributed by atoms with Gasteiger partial charge < -0.3 is 10.2 Å². The number of likely N-dealkylation sites (N-methyl/N-ethyl adjacent to an activating group) is 1. The Morgan fingerprint density at radius 3 is 2.62 bits per heavy atom. The Kier molecular flexibility index (Phi) is 4.80. The van der Waals surface area contributed by atoms with Crippen molar-refractivity contribution < 1.29 is 4.79 Å². The van der Waals surface area contributed by atoms with Crippen LogP contribution in [0, 0.1) is 0 Å². The Balaban J connectivity index is 1.50. The fourth-order valence-corrected chi connectivity index (χ4v) is 4.53. The largest absolute Gasteiger partial charge is 0.336 e. The molecule has 2 aromatic rings. The number of amides is 1. The Hall–Kier alpha value is -2.15. The van der Waals surface area contributed by atoms with Crippen LogP contribution in [0.5, 0.6) is 0 Å². The first kappa shape index (κ1) is 17.3. The molecule has 26 heavy (non-hydrogen) atoms. The summed E-state index contributed by atoms with van der Waals surface area (Å²) in [6.07, 6.45) is 10.2. The predicted molar refractivity (Wildman–Crippen MR) is 98.3 cm³/mol. The zero-order chi connectivity index (χ0) is 18.1. The molecule has 0 spiro atoms. The van der Waals surface area contributed by atoms with Gasteiger partial charge in [-0.05, 0) is 31.4 Å². The van der Waals surface area contributed by atoms with E-state index in [1.807, 2.05) is 35.9 Å². The molecule has 0 radical (unpaired) electrons. The summed E-state index contributed by atoms with van der Waals surface area (Å²) in [5.74, 6) is 0.199. The molecular formula is C19H28N6O. The lowest BCUT2D eigenvalue weighted by Crippen LogP contribution is -2.49. The fraction of sp³-hybridized carbons (Fsp3) is 0.632. The normalized spacial score (nSPS) is 24.5. The average Bonchev–Trinajstić information content (AvgIpc) is 3.37. The highest BCUT2D eigenvalue weighted by Crippen LogP contribution is 2.32. The third-order valence-corrected chi connectivity index (χ3v) is 5.99. The summed E-state index contributed by atoms with van der Waals surface area (Å²) in [6.45, 7) is 0.775. The van der Waals surface area contributed by atoms with Gasteiger partial charge in [-0.15, -0.1) is 0 Å². The number of piperidine rings is 1. The van der Waals surface area contributed by atoms with Crippen molar-refractivity contribution in [2.24, 2.45) is 7.05 Å². The van der Waals surface area contributed by atoms with Gasteiger partial charge in [-0.25, -0.2) is 0 Å². The zero-order valence-electron chi connectivity index (χ0n) is 15.6. The van der Waals surface area contributed by atoms with Crippen molar-refractivity contribution in [3.05, 3.63) is 35.9 Å². The van der Waals surface area contributed by atoms with Crippen molar-refractivity contribution in [2.75, 3.05) is 7.05 Å². The second-order valence-corrected chi connectivity index (χ2v) is 7.56. The molecule has 2 aromatic heterocycles. The minimum atomic E-state index is 0.00611. The number of rotatable bonds is 5. The fourth-order valence-electron chi connectivity index (χ4n) is 4.53. The van der Waals surface area contributed by atoms with Gasteiger partial charge in [0.25, 0.3) is 0 Å². The van der Waals surface area contributed by atoms with E-state index < -0.39 is 0 Å². The van der Waals surface area contributed by atoms with Gasteiger partial charge in [0, 0.05) is 45.5 Å². The molecule has 2 atom stereocenters. The van der Waals surface area contributed by atoms with Gasteiger partial charge in [0.05, 0.1) is 23.5 Å². The minimum Gasteiger partial charge on any atom is -0.336 e. The number of hydrogen-bond acceptors (Lipinski definition) is 4.